The molecule has 1 aromatic heterocycles. The van der Waals surface area contributed by atoms with E-state index in [1.165, 1.54) is 4.90 Å². The van der Waals surface area contributed by atoms with Gasteiger partial charge in [-0.15, -0.1) is 0 Å². The molecular formula is C23H24N4O3. The third-order valence-electron chi connectivity index (χ3n) is 5.35. The minimum absolute atomic E-state index is 0.154. The summed E-state index contributed by atoms with van der Waals surface area (Å²) in [5.74, 6) is -0.455. The molecule has 3 aromatic rings. The van der Waals surface area contributed by atoms with Crippen molar-refractivity contribution in [3.63, 3.8) is 0 Å². The molecule has 1 atom stereocenters. The number of anilines is 1. The summed E-state index contributed by atoms with van der Waals surface area (Å²) < 4.78 is 0. The number of hydrogen-bond donors (Lipinski definition) is 3. The van der Waals surface area contributed by atoms with E-state index in [1.807, 2.05) is 61.7 Å². The first-order chi connectivity index (χ1) is 14.5. The number of fused-ring (bicyclic) bond motifs is 1. The Morgan fingerprint density at radius 2 is 1.97 bits per heavy atom. The van der Waals surface area contributed by atoms with Gasteiger partial charge < -0.3 is 15.6 Å². The van der Waals surface area contributed by atoms with Crippen LogP contribution in [0.4, 0.5) is 10.5 Å². The zero-order chi connectivity index (χ0) is 21.1. The fraction of sp³-hybridized carbons (Fsp3) is 0.261. The molecule has 0 saturated carbocycles. The van der Waals surface area contributed by atoms with E-state index in [4.69, 9.17) is 0 Å². The molecule has 154 valence electrons. The van der Waals surface area contributed by atoms with Crippen molar-refractivity contribution in [3.8, 4) is 0 Å². The van der Waals surface area contributed by atoms with E-state index < -0.39 is 12.1 Å². The molecule has 0 bridgehead atoms. The Morgan fingerprint density at radius 1 is 1.13 bits per heavy atom. The molecule has 4 amide bonds. The molecule has 0 spiro atoms. The number of aromatic amines is 1. The molecule has 30 heavy (non-hydrogen) atoms. The Kier molecular flexibility index (Phi) is 5.52. The Balaban J connectivity index is 1.30. The highest BCUT2D eigenvalue weighted by atomic mass is 16.2. The van der Waals surface area contributed by atoms with Crippen molar-refractivity contribution in [3.05, 3.63) is 65.9 Å². The number of H-pyrrole nitrogens is 1. The van der Waals surface area contributed by atoms with Gasteiger partial charge in [-0.05, 0) is 49.1 Å². The summed E-state index contributed by atoms with van der Waals surface area (Å²) in [4.78, 5) is 41.6. The van der Waals surface area contributed by atoms with Crippen LogP contribution in [0.2, 0.25) is 0 Å². The molecule has 4 rings (SSSR count). The Hall–Kier alpha value is -3.61. The van der Waals surface area contributed by atoms with E-state index in [0.717, 1.165) is 27.7 Å². The average Bonchev–Trinajstić information content (AvgIpc) is 3.25. The summed E-state index contributed by atoms with van der Waals surface area (Å²) in [6.07, 6.45) is 2.91. The summed E-state index contributed by atoms with van der Waals surface area (Å²) in [7, 11) is 0. The molecule has 0 radical (unpaired) electrons. The molecule has 1 unspecified atom stereocenters. The Bertz CT molecular complexity index is 1100. The van der Waals surface area contributed by atoms with Gasteiger partial charge in [0, 0.05) is 35.8 Å². The molecule has 1 fully saturated rings. The van der Waals surface area contributed by atoms with E-state index in [1.54, 1.807) is 0 Å². The van der Waals surface area contributed by atoms with Crippen molar-refractivity contribution in [2.24, 2.45) is 0 Å². The van der Waals surface area contributed by atoms with Gasteiger partial charge in [0.05, 0.1) is 0 Å². The number of imide groups is 1. The van der Waals surface area contributed by atoms with E-state index in [0.29, 0.717) is 13.0 Å². The summed E-state index contributed by atoms with van der Waals surface area (Å²) in [6, 6.07) is 14.4. The number of rotatable bonds is 7. The third kappa shape index (κ3) is 4.20. The van der Waals surface area contributed by atoms with Crippen molar-refractivity contribution in [1.82, 2.24) is 15.2 Å². The number of benzene rings is 2. The highest BCUT2D eigenvalue weighted by Crippen LogP contribution is 2.20. The quantitative estimate of drug-likeness (QED) is 0.527. The molecular weight excluding hydrogens is 380 g/mol. The van der Waals surface area contributed by atoms with Gasteiger partial charge >= 0.3 is 6.03 Å². The van der Waals surface area contributed by atoms with Gasteiger partial charge in [-0.2, -0.15) is 0 Å². The number of carbonyl (C=O) groups is 3. The second-order valence-electron chi connectivity index (χ2n) is 7.56. The molecule has 1 saturated heterocycles. The van der Waals surface area contributed by atoms with Crippen LogP contribution in [-0.4, -0.2) is 40.3 Å². The van der Waals surface area contributed by atoms with Crippen LogP contribution in [0.5, 0.6) is 0 Å². The summed E-state index contributed by atoms with van der Waals surface area (Å²) in [5.41, 5.74) is 3.87. The van der Waals surface area contributed by atoms with E-state index in [9.17, 15) is 14.4 Å². The van der Waals surface area contributed by atoms with Crippen molar-refractivity contribution < 1.29 is 14.4 Å². The first-order valence-corrected chi connectivity index (χ1v) is 10.0. The number of hydrogen-bond acceptors (Lipinski definition) is 3. The lowest BCUT2D eigenvalue weighted by Gasteiger charge is -2.13. The molecule has 7 heteroatoms. The predicted molar refractivity (Wildman–Crippen MR) is 115 cm³/mol. The topological polar surface area (TPSA) is 94.3 Å². The van der Waals surface area contributed by atoms with Gasteiger partial charge in [-0.1, -0.05) is 30.3 Å². The SMILES string of the molecule is Cc1cccc(NC(=O)CCC2NC(=O)N(CCc3c[nH]c4ccccc34)C2=O)c1. The van der Waals surface area contributed by atoms with Crippen molar-refractivity contribution in [2.75, 3.05) is 11.9 Å². The van der Waals surface area contributed by atoms with Crippen LogP contribution >= 0.6 is 0 Å². The average molecular weight is 404 g/mol. The zero-order valence-electron chi connectivity index (χ0n) is 16.8. The van der Waals surface area contributed by atoms with Crippen LogP contribution in [0.1, 0.15) is 24.0 Å². The maximum atomic E-state index is 12.7. The van der Waals surface area contributed by atoms with Crippen molar-refractivity contribution >= 4 is 34.4 Å². The lowest BCUT2D eigenvalue weighted by Crippen LogP contribution is -2.33. The largest absolute Gasteiger partial charge is 0.361 e. The van der Waals surface area contributed by atoms with Gasteiger partial charge in [0.1, 0.15) is 6.04 Å². The van der Waals surface area contributed by atoms with Crippen LogP contribution in [0, 0.1) is 6.92 Å². The number of aryl methyl sites for hydroxylation is 1. The smallest absolute Gasteiger partial charge is 0.324 e. The monoisotopic (exact) mass is 404 g/mol. The van der Waals surface area contributed by atoms with E-state index in [2.05, 4.69) is 15.6 Å². The maximum absolute atomic E-state index is 12.7. The second-order valence-corrected chi connectivity index (χ2v) is 7.56. The number of para-hydroxylation sites is 1. The summed E-state index contributed by atoms with van der Waals surface area (Å²) in [5, 5.41) is 6.62. The summed E-state index contributed by atoms with van der Waals surface area (Å²) in [6.45, 7) is 2.26. The van der Waals surface area contributed by atoms with Crippen LogP contribution < -0.4 is 10.6 Å². The predicted octanol–water partition coefficient (Wildman–Crippen LogP) is 3.36. The normalized spacial score (nSPS) is 16.2. The number of urea groups is 1. The fourth-order valence-corrected chi connectivity index (χ4v) is 3.78. The van der Waals surface area contributed by atoms with Gasteiger partial charge in [0.15, 0.2) is 0 Å². The number of nitrogens with one attached hydrogen (secondary N) is 3. The number of amides is 4. The molecule has 2 aromatic carbocycles. The Morgan fingerprint density at radius 3 is 2.80 bits per heavy atom. The molecule has 1 aliphatic rings. The Labute approximate surface area is 174 Å². The molecule has 3 N–H and O–H groups in total. The fourth-order valence-electron chi connectivity index (χ4n) is 3.78. The first kappa shape index (κ1) is 19.7. The minimum atomic E-state index is -0.663. The van der Waals surface area contributed by atoms with Gasteiger partial charge in [0.2, 0.25) is 5.91 Å². The van der Waals surface area contributed by atoms with Gasteiger partial charge in [-0.25, -0.2) is 4.79 Å². The number of carbonyl (C=O) groups excluding carboxylic acids is 3. The molecule has 7 nitrogen and oxygen atoms in total. The zero-order valence-corrected chi connectivity index (χ0v) is 16.8. The van der Waals surface area contributed by atoms with Crippen LogP contribution in [0.15, 0.2) is 54.7 Å². The third-order valence-corrected chi connectivity index (χ3v) is 5.35. The summed E-state index contributed by atoms with van der Waals surface area (Å²) >= 11 is 0. The highest BCUT2D eigenvalue weighted by Gasteiger charge is 2.37. The van der Waals surface area contributed by atoms with Crippen LogP contribution in [-0.2, 0) is 16.0 Å². The second kappa shape index (κ2) is 8.41. The maximum Gasteiger partial charge on any atom is 0.324 e. The van der Waals surface area contributed by atoms with Crippen molar-refractivity contribution in [1.29, 1.82) is 0 Å². The molecule has 0 aliphatic carbocycles. The number of aromatic nitrogens is 1. The highest BCUT2D eigenvalue weighted by molar-refractivity contribution is 6.04. The molecule has 2 heterocycles. The first-order valence-electron chi connectivity index (χ1n) is 10.0. The van der Waals surface area contributed by atoms with Crippen molar-refractivity contribution in [2.45, 2.75) is 32.2 Å². The van der Waals surface area contributed by atoms with Crippen LogP contribution in [0.25, 0.3) is 10.9 Å². The van der Waals surface area contributed by atoms with Gasteiger partial charge in [-0.3, -0.25) is 14.5 Å². The van der Waals surface area contributed by atoms with E-state index >= 15 is 0 Å². The lowest BCUT2D eigenvalue weighted by atomic mass is 10.1. The van der Waals surface area contributed by atoms with Gasteiger partial charge in [0.25, 0.3) is 5.91 Å². The molecule has 1 aliphatic heterocycles. The minimum Gasteiger partial charge on any atom is -0.361 e. The van der Waals surface area contributed by atoms with Crippen LogP contribution in [0.3, 0.4) is 0 Å². The lowest BCUT2D eigenvalue weighted by molar-refractivity contribution is -0.127. The standard InChI is InChI=1S/C23H24N4O3/c1-15-5-4-6-17(13-15)25-21(28)10-9-20-22(29)27(23(30)26-20)12-11-16-14-24-19-8-3-2-7-18(16)19/h2-8,13-14,20,24H,9-12H2,1H3,(H,25,28)(H,26,30). The van der Waals surface area contributed by atoms with E-state index in [-0.39, 0.29) is 24.7 Å². The number of nitrogens with zero attached hydrogens (tertiary/aromatic N) is 1.